The molecule has 0 spiro atoms. The number of nitrogens with zero attached hydrogens (tertiary/aromatic N) is 5. The Bertz CT molecular complexity index is 1190. The number of aromatic nitrogens is 5. The van der Waals surface area contributed by atoms with E-state index in [9.17, 15) is 4.79 Å². The highest BCUT2D eigenvalue weighted by atomic mass is 16.6. The highest BCUT2D eigenvalue weighted by Gasteiger charge is 2.25. The first kappa shape index (κ1) is 22.3. The van der Waals surface area contributed by atoms with Gasteiger partial charge in [0.15, 0.2) is 0 Å². The first-order chi connectivity index (χ1) is 15.8. The third kappa shape index (κ3) is 5.46. The van der Waals surface area contributed by atoms with E-state index in [0.29, 0.717) is 6.42 Å². The molecule has 0 fully saturated rings. The Balaban J connectivity index is 1.61. The number of hydrogen-bond acceptors (Lipinski definition) is 5. The summed E-state index contributed by atoms with van der Waals surface area (Å²) in [6, 6.07) is 13.5. The second-order valence-corrected chi connectivity index (χ2v) is 8.80. The molecule has 3 heterocycles. The average Bonchev–Trinajstić information content (AvgIpc) is 3.43. The lowest BCUT2D eigenvalue weighted by Crippen LogP contribution is -2.36. The van der Waals surface area contributed by atoms with E-state index >= 15 is 0 Å². The van der Waals surface area contributed by atoms with Crippen molar-refractivity contribution in [3.05, 3.63) is 85.1 Å². The molecule has 1 unspecified atom stereocenters. The van der Waals surface area contributed by atoms with Crippen LogP contribution in [0, 0.1) is 0 Å². The Morgan fingerprint density at radius 1 is 1.09 bits per heavy atom. The summed E-state index contributed by atoms with van der Waals surface area (Å²) in [6.45, 7) is 5.52. The number of amides is 1. The summed E-state index contributed by atoms with van der Waals surface area (Å²) in [5, 5.41) is 2.98. The van der Waals surface area contributed by atoms with Crippen LogP contribution >= 0.6 is 0 Å². The van der Waals surface area contributed by atoms with Gasteiger partial charge in [0.05, 0.1) is 24.3 Å². The van der Waals surface area contributed by atoms with Crippen LogP contribution in [0.25, 0.3) is 16.9 Å². The van der Waals surface area contributed by atoms with E-state index < -0.39 is 17.7 Å². The van der Waals surface area contributed by atoms with E-state index in [1.807, 2.05) is 91.8 Å². The van der Waals surface area contributed by atoms with Gasteiger partial charge in [-0.1, -0.05) is 18.2 Å². The average molecular weight is 445 g/mol. The van der Waals surface area contributed by atoms with Gasteiger partial charge >= 0.3 is 6.09 Å². The first-order valence-corrected chi connectivity index (χ1v) is 10.8. The first-order valence-electron chi connectivity index (χ1n) is 10.8. The minimum atomic E-state index is -0.594. The number of ether oxygens (including phenoxy) is 1. The number of alkyl carbamates (subject to hydrolysis) is 1. The van der Waals surface area contributed by atoms with Crippen molar-refractivity contribution in [2.24, 2.45) is 7.05 Å². The van der Waals surface area contributed by atoms with Gasteiger partial charge in [0.2, 0.25) is 0 Å². The number of imidazole rings is 2. The predicted molar refractivity (Wildman–Crippen MR) is 126 cm³/mol. The number of benzene rings is 1. The molecule has 1 atom stereocenters. The number of hydrogen-bond donors (Lipinski definition) is 1. The molecule has 0 aliphatic heterocycles. The quantitative estimate of drug-likeness (QED) is 0.474. The molecule has 1 amide bonds. The molecule has 0 aliphatic rings. The Morgan fingerprint density at radius 2 is 1.88 bits per heavy atom. The van der Waals surface area contributed by atoms with Crippen molar-refractivity contribution in [1.82, 2.24) is 29.4 Å². The van der Waals surface area contributed by atoms with Gasteiger partial charge in [-0.3, -0.25) is 4.98 Å². The molecule has 0 bridgehead atoms. The van der Waals surface area contributed by atoms with Gasteiger partial charge in [0.25, 0.3) is 0 Å². The van der Waals surface area contributed by atoms with E-state index in [0.717, 1.165) is 28.5 Å². The third-order valence-electron chi connectivity index (χ3n) is 5.13. The molecule has 4 rings (SSSR count). The van der Waals surface area contributed by atoms with Crippen LogP contribution in [0.2, 0.25) is 0 Å². The molecular formula is C25H28N6O2. The van der Waals surface area contributed by atoms with Gasteiger partial charge in [-0.25, -0.2) is 14.8 Å². The maximum Gasteiger partial charge on any atom is 0.408 e. The molecule has 0 radical (unpaired) electrons. The molecule has 0 saturated carbocycles. The third-order valence-corrected chi connectivity index (χ3v) is 5.13. The Morgan fingerprint density at radius 3 is 2.52 bits per heavy atom. The summed E-state index contributed by atoms with van der Waals surface area (Å²) in [5.41, 5.74) is 3.25. The zero-order chi connectivity index (χ0) is 23.4. The fourth-order valence-electron chi connectivity index (χ4n) is 3.62. The summed E-state index contributed by atoms with van der Waals surface area (Å²) in [7, 11) is 1.95. The minimum absolute atomic E-state index is 0.404. The fraction of sp³-hybridized carbons (Fsp3) is 0.280. The molecule has 1 aromatic carbocycles. The summed E-state index contributed by atoms with van der Waals surface area (Å²) in [6.07, 6.45) is 8.99. The van der Waals surface area contributed by atoms with Crippen molar-refractivity contribution in [2.45, 2.75) is 38.8 Å². The zero-order valence-electron chi connectivity index (χ0n) is 19.3. The van der Waals surface area contributed by atoms with Crippen molar-refractivity contribution < 1.29 is 9.53 Å². The van der Waals surface area contributed by atoms with Crippen LogP contribution in [0.1, 0.15) is 38.3 Å². The lowest BCUT2D eigenvalue weighted by molar-refractivity contribution is 0.0500. The molecular weight excluding hydrogens is 416 g/mol. The SMILES string of the molecule is Cn1c(-c2ccc(-n3ccnc3)cc2)cnc1C(Cc1ccccn1)NC(=O)OC(C)(C)C. The van der Waals surface area contributed by atoms with Crippen LogP contribution in [0.15, 0.2) is 73.6 Å². The van der Waals surface area contributed by atoms with Gasteiger partial charge in [-0.2, -0.15) is 0 Å². The van der Waals surface area contributed by atoms with E-state index in [1.54, 1.807) is 18.7 Å². The van der Waals surface area contributed by atoms with Crippen molar-refractivity contribution in [3.8, 4) is 16.9 Å². The van der Waals surface area contributed by atoms with Crippen LogP contribution in [0.3, 0.4) is 0 Å². The van der Waals surface area contributed by atoms with Crippen LogP contribution in [-0.2, 0) is 18.2 Å². The maximum absolute atomic E-state index is 12.6. The lowest BCUT2D eigenvalue weighted by atomic mass is 10.1. The standard InChI is InChI=1S/C25H28N6O2/c1-25(2,3)33-24(32)29-21(15-19-7-5-6-12-27-19)23-28-16-22(30(23)4)18-8-10-20(11-9-18)31-14-13-26-17-31/h5-14,16-17,21H,15H2,1-4H3,(H,29,32). The molecule has 1 N–H and O–H groups in total. The lowest BCUT2D eigenvalue weighted by Gasteiger charge is -2.23. The number of rotatable bonds is 6. The number of carbonyl (C=O) groups is 1. The summed E-state index contributed by atoms with van der Waals surface area (Å²) < 4.78 is 9.44. The van der Waals surface area contributed by atoms with Crippen LogP contribution < -0.4 is 5.32 Å². The Kier molecular flexibility index (Phi) is 6.26. The largest absolute Gasteiger partial charge is 0.444 e. The summed E-state index contributed by atoms with van der Waals surface area (Å²) in [5.74, 6) is 0.722. The molecule has 4 aromatic rings. The van der Waals surface area contributed by atoms with Crippen LogP contribution in [0.5, 0.6) is 0 Å². The van der Waals surface area contributed by atoms with E-state index in [-0.39, 0.29) is 0 Å². The maximum atomic E-state index is 12.6. The second-order valence-electron chi connectivity index (χ2n) is 8.80. The van der Waals surface area contributed by atoms with Crippen molar-refractivity contribution >= 4 is 6.09 Å². The van der Waals surface area contributed by atoms with E-state index in [2.05, 4.69) is 20.3 Å². The monoisotopic (exact) mass is 444 g/mol. The highest BCUT2D eigenvalue weighted by Crippen LogP contribution is 2.25. The molecule has 170 valence electrons. The number of nitrogens with one attached hydrogen (secondary N) is 1. The van der Waals surface area contributed by atoms with Crippen LogP contribution in [-0.4, -0.2) is 35.8 Å². The van der Waals surface area contributed by atoms with Gasteiger partial charge in [0.1, 0.15) is 11.4 Å². The normalized spacial score (nSPS) is 12.4. The Labute approximate surface area is 193 Å². The van der Waals surface area contributed by atoms with Gasteiger partial charge in [-0.15, -0.1) is 0 Å². The van der Waals surface area contributed by atoms with E-state index in [1.165, 1.54) is 0 Å². The van der Waals surface area contributed by atoms with Crippen LogP contribution in [0.4, 0.5) is 4.79 Å². The topological polar surface area (TPSA) is 86.9 Å². The fourth-order valence-corrected chi connectivity index (χ4v) is 3.62. The van der Waals surface area contributed by atoms with Crippen molar-refractivity contribution in [2.75, 3.05) is 0 Å². The minimum Gasteiger partial charge on any atom is -0.444 e. The van der Waals surface area contributed by atoms with Gasteiger partial charge in [0, 0.05) is 43.4 Å². The molecule has 0 aliphatic carbocycles. The molecule has 0 saturated heterocycles. The number of pyridine rings is 1. The molecule has 8 heteroatoms. The molecule has 8 nitrogen and oxygen atoms in total. The molecule has 3 aromatic heterocycles. The highest BCUT2D eigenvalue weighted by molar-refractivity contribution is 5.68. The van der Waals surface area contributed by atoms with Crippen molar-refractivity contribution in [3.63, 3.8) is 0 Å². The smallest absolute Gasteiger partial charge is 0.408 e. The molecule has 33 heavy (non-hydrogen) atoms. The zero-order valence-corrected chi connectivity index (χ0v) is 19.3. The predicted octanol–water partition coefficient (Wildman–Crippen LogP) is 4.48. The van der Waals surface area contributed by atoms with Gasteiger partial charge < -0.3 is 19.2 Å². The summed E-state index contributed by atoms with van der Waals surface area (Å²) >= 11 is 0. The second kappa shape index (κ2) is 9.28. The Hall–Kier alpha value is -3.94. The van der Waals surface area contributed by atoms with E-state index in [4.69, 9.17) is 4.74 Å². The van der Waals surface area contributed by atoms with Crippen molar-refractivity contribution in [1.29, 1.82) is 0 Å². The number of carbonyl (C=O) groups excluding carboxylic acids is 1. The summed E-state index contributed by atoms with van der Waals surface area (Å²) in [4.78, 5) is 25.7. The van der Waals surface area contributed by atoms with Gasteiger partial charge in [-0.05, 0) is 50.6 Å².